The third-order valence-corrected chi connectivity index (χ3v) is 2.97. The fourth-order valence-electron chi connectivity index (χ4n) is 1.52. The van der Waals surface area contributed by atoms with Gasteiger partial charge in [-0.1, -0.05) is 0 Å². The second-order valence-corrected chi connectivity index (χ2v) is 4.02. The lowest BCUT2D eigenvalue weighted by Crippen LogP contribution is -2.44. The van der Waals surface area contributed by atoms with E-state index in [1.165, 1.54) is 0 Å². The zero-order chi connectivity index (χ0) is 10.4. The zero-order valence-electron chi connectivity index (χ0n) is 10.2. The fraction of sp³-hybridized carbons (Fsp3) is 1.00. The lowest BCUT2D eigenvalue weighted by molar-refractivity contribution is 0.0331. The van der Waals surface area contributed by atoms with Crippen molar-refractivity contribution in [1.29, 1.82) is 0 Å². The van der Waals surface area contributed by atoms with Crippen molar-refractivity contribution in [3.05, 3.63) is 0 Å². The number of likely N-dealkylation sites (N-methyl/N-ethyl adjacent to an activating group) is 1. The molecule has 0 saturated carbocycles. The summed E-state index contributed by atoms with van der Waals surface area (Å²) in [5, 5.41) is 0. The molecule has 0 spiro atoms. The van der Waals surface area contributed by atoms with E-state index in [2.05, 4.69) is 23.8 Å². The van der Waals surface area contributed by atoms with Gasteiger partial charge in [-0.2, -0.15) is 0 Å². The van der Waals surface area contributed by atoms with Crippen LogP contribution in [0.1, 0.15) is 6.92 Å². The van der Waals surface area contributed by atoms with E-state index in [-0.39, 0.29) is 24.8 Å². The molecule has 0 bridgehead atoms. The van der Waals surface area contributed by atoms with E-state index in [1.807, 2.05) is 0 Å². The third-order valence-electron chi connectivity index (χ3n) is 2.97. The molecule has 100 valence electrons. The van der Waals surface area contributed by atoms with Gasteiger partial charge in [-0.15, -0.1) is 24.8 Å². The Balaban J connectivity index is 0. The summed E-state index contributed by atoms with van der Waals surface area (Å²) < 4.78 is 5.30. The summed E-state index contributed by atoms with van der Waals surface area (Å²) in [6.07, 6.45) is 0. The van der Waals surface area contributed by atoms with Crippen LogP contribution < -0.4 is 5.73 Å². The molecule has 16 heavy (non-hydrogen) atoms. The minimum Gasteiger partial charge on any atom is -0.379 e. The maximum atomic E-state index is 5.61. The Hall–Kier alpha value is 0.420. The molecule has 0 aromatic rings. The number of morpholine rings is 1. The summed E-state index contributed by atoms with van der Waals surface area (Å²) in [5.41, 5.74) is 5.61. The average Bonchev–Trinajstić information content (AvgIpc) is 2.26. The van der Waals surface area contributed by atoms with Gasteiger partial charge in [0.2, 0.25) is 0 Å². The molecule has 0 aliphatic carbocycles. The van der Waals surface area contributed by atoms with Gasteiger partial charge in [-0.05, 0) is 14.0 Å². The van der Waals surface area contributed by atoms with Gasteiger partial charge in [0.1, 0.15) is 0 Å². The molecule has 4 nitrogen and oxygen atoms in total. The van der Waals surface area contributed by atoms with Gasteiger partial charge in [0.15, 0.2) is 0 Å². The first kappa shape index (κ1) is 18.8. The van der Waals surface area contributed by atoms with Gasteiger partial charge < -0.3 is 15.4 Å². The van der Waals surface area contributed by atoms with E-state index < -0.39 is 0 Å². The van der Waals surface area contributed by atoms with Gasteiger partial charge in [-0.25, -0.2) is 0 Å². The molecular formula is C10H25Cl2N3O. The fourth-order valence-corrected chi connectivity index (χ4v) is 1.52. The van der Waals surface area contributed by atoms with Crippen LogP contribution in [0.15, 0.2) is 0 Å². The van der Waals surface area contributed by atoms with Gasteiger partial charge in [-0.3, -0.25) is 4.90 Å². The second kappa shape index (κ2) is 10.6. The Morgan fingerprint density at radius 2 is 1.88 bits per heavy atom. The maximum absolute atomic E-state index is 5.61. The Kier molecular flexibility index (Phi) is 12.4. The molecule has 1 aliphatic heterocycles. The zero-order valence-corrected chi connectivity index (χ0v) is 11.9. The second-order valence-electron chi connectivity index (χ2n) is 4.02. The van der Waals surface area contributed by atoms with Crippen molar-refractivity contribution in [1.82, 2.24) is 9.80 Å². The van der Waals surface area contributed by atoms with Crippen LogP contribution in [-0.4, -0.2) is 68.8 Å². The number of nitrogens with zero attached hydrogens (tertiary/aromatic N) is 2. The topological polar surface area (TPSA) is 41.7 Å². The average molecular weight is 274 g/mol. The van der Waals surface area contributed by atoms with Crippen molar-refractivity contribution < 1.29 is 4.74 Å². The molecule has 1 saturated heterocycles. The van der Waals surface area contributed by atoms with Crippen molar-refractivity contribution in [3.63, 3.8) is 0 Å². The summed E-state index contributed by atoms with van der Waals surface area (Å²) in [5.74, 6) is 0. The lowest BCUT2D eigenvalue weighted by atomic mass is 10.3. The molecule has 1 aliphatic rings. The predicted molar refractivity (Wildman–Crippen MR) is 72.9 cm³/mol. The summed E-state index contributed by atoms with van der Waals surface area (Å²) in [4.78, 5) is 4.76. The monoisotopic (exact) mass is 273 g/mol. The Morgan fingerprint density at radius 1 is 1.31 bits per heavy atom. The highest BCUT2D eigenvalue weighted by atomic mass is 35.5. The molecule has 6 heteroatoms. The van der Waals surface area contributed by atoms with Crippen LogP contribution in [-0.2, 0) is 4.74 Å². The van der Waals surface area contributed by atoms with Crippen LogP contribution in [0.3, 0.4) is 0 Å². The molecule has 0 aromatic heterocycles. The predicted octanol–water partition coefficient (Wildman–Crippen LogP) is 0.441. The minimum atomic E-state index is 0. The molecule has 0 aromatic carbocycles. The maximum Gasteiger partial charge on any atom is 0.0594 e. The highest BCUT2D eigenvalue weighted by Crippen LogP contribution is 1.98. The van der Waals surface area contributed by atoms with Crippen LogP contribution >= 0.6 is 24.8 Å². The van der Waals surface area contributed by atoms with Crippen molar-refractivity contribution in [2.45, 2.75) is 13.0 Å². The summed E-state index contributed by atoms with van der Waals surface area (Å²) in [7, 11) is 2.14. The van der Waals surface area contributed by atoms with Crippen LogP contribution in [0.5, 0.6) is 0 Å². The molecule has 1 rings (SSSR count). The molecule has 1 fully saturated rings. The van der Waals surface area contributed by atoms with Gasteiger partial charge in [0.05, 0.1) is 13.2 Å². The molecule has 2 N–H and O–H groups in total. The van der Waals surface area contributed by atoms with E-state index >= 15 is 0 Å². The number of halogens is 2. The van der Waals surface area contributed by atoms with Crippen molar-refractivity contribution in [3.8, 4) is 0 Å². The van der Waals surface area contributed by atoms with Crippen molar-refractivity contribution >= 4 is 24.8 Å². The van der Waals surface area contributed by atoms with Gasteiger partial charge in [0, 0.05) is 38.8 Å². The Morgan fingerprint density at radius 3 is 2.38 bits per heavy atom. The van der Waals surface area contributed by atoms with E-state index in [0.717, 1.165) is 45.9 Å². The van der Waals surface area contributed by atoms with E-state index in [4.69, 9.17) is 10.5 Å². The summed E-state index contributed by atoms with van der Waals surface area (Å²) >= 11 is 0. The smallest absolute Gasteiger partial charge is 0.0594 e. The quantitative estimate of drug-likeness (QED) is 0.790. The molecule has 0 amide bonds. The lowest BCUT2D eigenvalue weighted by Gasteiger charge is -2.30. The van der Waals surface area contributed by atoms with E-state index in [9.17, 15) is 0 Å². The first-order valence-corrected chi connectivity index (χ1v) is 5.44. The number of hydrogen-bond acceptors (Lipinski definition) is 4. The van der Waals surface area contributed by atoms with E-state index in [0.29, 0.717) is 6.04 Å². The Labute approximate surface area is 111 Å². The van der Waals surface area contributed by atoms with Crippen molar-refractivity contribution in [2.75, 3.05) is 53.0 Å². The molecular weight excluding hydrogens is 249 g/mol. The number of rotatable bonds is 5. The van der Waals surface area contributed by atoms with Gasteiger partial charge in [0.25, 0.3) is 0 Å². The van der Waals surface area contributed by atoms with E-state index in [1.54, 1.807) is 0 Å². The van der Waals surface area contributed by atoms with Gasteiger partial charge >= 0.3 is 0 Å². The number of nitrogens with two attached hydrogens (primary N) is 1. The normalized spacial score (nSPS) is 18.8. The van der Waals surface area contributed by atoms with Crippen molar-refractivity contribution in [2.24, 2.45) is 5.73 Å². The molecule has 0 radical (unpaired) electrons. The number of ether oxygens (including phenoxy) is 1. The van der Waals surface area contributed by atoms with Crippen LogP contribution in [0.25, 0.3) is 0 Å². The molecule has 1 heterocycles. The minimum absolute atomic E-state index is 0. The summed E-state index contributed by atoms with van der Waals surface area (Å²) in [6, 6.07) is 0.482. The molecule has 1 unspecified atom stereocenters. The van der Waals surface area contributed by atoms with Crippen LogP contribution in [0.2, 0.25) is 0 Å². The first-order chi connectivity index (χ1) is 6.74. The highest BCUT2D eigenvalue weighted by Gasteiger charge is 2.12. The third kappa shape index (κ3) is 6.89. The number of hydrogen-bond donors (Lipinski definition) is 1. The SMILES string of the molecule is CC(CN)N(C)CCN1CCOCC1.Cl.Cl. The standard InChI is InChI=1S/C10H23N3O.2ClH/c1-10(9-11)12(2)3-4-13-5-7-14-8-6-13;;/h10H,3-9,11H2,1-2H3;2*1H. The summed E-state index contributed by atoms with van der Waals surface area (Å²) in [6.45, 7) is 9.05. The molecule has 1 atom stereocenters. The largest absolute Gasteiger partial charge is 0.379 e. The first-order valence-electron chi connectivity index (χ1n) is 5.44. The van der Waals surface area contributed by atoms with Crippen LogP contribution in [0, 0.1) is 0 Å². The highest BCUT2D eigenvalue weighted by molar-refractivity contribution is 5.85. The Bertz CT molecular complexity index is 155. The van der Waals surface area contributed by atoms with Crippen LogP contribution in [0.4, 0.5) is 0 Å².